The van der Waals surface area contributed by atoms with Crippen molar-refractivity contribution < 1.29 is 9.53 Å². The van der Waals surface area contributed by atoms with Gasteiger partial charge >= 0.3 is 0 Å². The van der Waals surface area contributed by atoms with Gasteiger partial charge in [0.25, 0.3) is 11.5 Å². The molecule has 146 valence electrons. The Bertz CT molecular complexity index is 1050. The molecule has 0 spiro atoms. The number of aromatic nitrogens is 2. The Hall–Kier alpha value is -2.55. The minimum Gasteiger partial charge on any atom is -0.373 e. The molecule has 1 fully saturated rings. The minimum atomic E-state index is -0.457. The van der Waals surface area contributed by atoms with E-state index < -0.39 is 11.5 Å². The van der Waals surface area contributed by atoms with Crippen LogP contribution in [-0.2, 0) is 11.3 Å². The van der Waals surface area contributed by atoms with Crippen LogP contribution in [0.4, 0.5) is 5.13 Å². The summed E-state index contributed by atoms with van der Waals surface area (Å²) in [6.45, 7) is 6.56. The lowest BCUT2D eigenvalue weighted by molar-refractivity contribution is -0.0707. The molecule has 1 aliphatic heterocycles. The molecule has 2 aromatic heterocycles. The van der Waals surface area contributed by atoms with Crippen molar-refractivity contribution in [3.63, 3.8) is 0 Å². The summed E-state index contributed by atoms with van der Waals surface area (Å²) >= 11 is 1.36. The Morgan fingerprint density at radius 3 is 2.86 bits per heavy atom. The van der Waals surface area contributed by atoms with Crippen LogP contribution in [0, 0.1) is 0 Å². The third-order valence-corrected chi connectivity index (χ3v) is 5.46. The fraction of sp³-hybridized carbons (Fsp3) is 0.350. The molecule has 0 saturated carbocycles. The third kappa shape index (κ3) is 4.14. The van der Waals surface area contributed by atoms with E-state index in [2.05, 4.69) is 34.0 Å². The molecule has 1 saturated heterocycles. The van der Waals surface area contributed by atoms with Gasteiger partial charge in [-0.2, -0.15) is 0 Å². The van der Waals surface area contributed by atoms with Crippen LogP contribution >= 0.6 is 11.3 Å². The van der Waals surface area contributed by atoms with E-state index in [4.69, 9.17) is 4.74 Å². The van der Waals surface area contributed by atoms with Crippen LogP contribution in [0.3, 0.4) is 0 Å². The van der Waals surface area contributed by atoms with Crippen LogP contribution in [0.1, 0.15) is 29.9 Å². The lowest BCUT2D eigenvalue weighted by atomic mass is 10.1. The number of carbonyl (C=O) groups excluding carboxylic acids is 1. The average Bonchev–Trinajstić information content (AvgIpc) is 3.06. The van der Waals surface area contributed by atoms with Crippen LogP contribution in [0.2, 0.25) is 0 Å². The van der Waals surface area contributed by atoms with E-state index >= 15 is 0 Å². The molecule has 2 atom stereocenters. The van der Waals surface area contributed by atoms with Crippen molar-refractivity contribution in [1.29, 1.82) is 0 Å². The van der Waals surface area contributed by atoms with Crippen molar-refractivity contribution in [3.8, 4) is 0 Å². The monoisotopic (exact) mass is 398 g/mol. The maximum atomic E-state index is 12.6. The first-order valence-corrected chi connectivity index (χ1v) is 10.1. The number of aromatic amines is 1. The lowest BCUT2D eigenvalue weighted by Crippen LogP contribution is -2.44. The number of thiazole rings is 1. The number of hydrogen-bond donors (Lipinski definition) is 2. The molecule has 3 aromatic rings. The zero-order chi connectivity index (χ0) is 19.7. The fourth-order valence-corrected chi connectivity index (χ4v) is 4.26. The van der Waals surface area contributed by atoms with E-state index in [1.807, 2.05) is 23.6 Å². The Morgan fingerprint density at radius 1 is 1.32 bits per heavy atom. The summed E-state index contributed by atoms with van der Waals surface area (Å²) in [5.74, 6) is -0.457. The highest BCUT2D eigenvalue weighted by Crippen LogP contribution is 2.20. The summed E-state index contributed by atoms with van der Waals surface area (Å²) < 4.78 is 5.75. The molecular formula is C20H22N4O3S. The van der Waals surface area contributed by atoms with Gasteiger partial charge in [0.05, 0.1) is 17.9 Å². The molecule has 7 nitrogen and oxygen atoms in total. The van der Waals surface area contributed by atoms with Crippen molar-refractivity contribution >= 4 is 33.3 Å². The number of amides is 1. The minimum absolute atomic E-state index is 0.0753. The van der Waals surface area contributed by atoms with E-state index in [0.29, 0.717) is 17.2 Å². The number of pyridine rings is 1. The lowest BCUT2D eigenvalue weighted by Gasteiger charge is -2.34. The van der Waals surface area contributed by atoms with Gasteiger partial charge in [-0.25, -0.2) is 4.98 Å². The SMILES string of the molecule is C[C@H]1CN(Cc2csc(NC(=O)c3cc4ccccc4[nH]c3=O)n2)C[C@H](C)O1. The van der Waals surface area contributed by atoms with E-state index in [-0.39, 0.29) is 17.8 Å². The van der Waals surface area contributed by atoms with Gasteiger partial charge in [-0.15, -0.1) is 11.3 Å². The number of hydrogen-bond acceptors (Lipinski definition) is 6. The summed E-state index contributed by atoms with van der Waals surface area (Å²) in [7, 11) is 0. The molecule has 1 amide bonds. The van der Waals surface area contributed by atoms with E-state index in [1.54, 1.807) is 12.1 Å². The Labute approximate surface area is 166 Å². The van der Waals surface area contributed by atoms with Gasteiger partial charge in [0.1, 0.15) is 5.56 Å². The van der Waals surface area contributed by atoms with Crippen molar-refractivity contribution in [2.45, 2.75) is 32.6 Å². The molecule has 3 heterocycles. The summed E-state index contributed by atoms with van der Waals surface area (Å²) in [6.07, 6.45) is 0.391. The van der Waals surface area contributed by atoms with Crippen LogP contribution in [0.25, 0.3) is 10.9 Å². The number of morpholine rings is 1. The van der Waals surface area contributed by atoms with Crippen molar-refractivity contribution in [2.24, 2.45) is 0 Å². The third-order valence-electron chi connectivity index (χ3n) is 4.65. The van der Waals surface area contributed by atoms with Crippen LogP contribution < -0.4 is 10.9 Å². The number of rotatable bonds is 4. The van der Waals surface area contributed by atoms with Crippen molar-refractivity contribution in [3.05, 3.63) is 57.3 Å². The second kappa shape index (κ2) is 7.83. The smallest absolute Gasteiger partial charge is 0.263 e. The van der Waals surface area contributed by atoms with Gasteiger partial charge in [0.2, 0.25) is 0 Å². The maximum Gasteiger partial charge on any atom is 0.263 e. The number of H-pyrrole nitrogens is 1. The molecule has 2 N–H and O–H groups in total. The molecule has 0 radical (unpaired) electrons. The molecule has 0 aliphatic carbocycles. The van der Waals surface area contributed by atoms with Crippen LogP contribution in [0.15, 0.2) is 40.5 Å². The van der Waals surface area contributed by atoms with Crippen LogP contribution in [0.5, 0.6) is 0 Å². The zero-order valence-electron chi connectivity index (χ0n) is 15.8. The highest BCUT2D eigenvalue weighted by Gasteiger charge is 2.23. The topological polar surface area (TPSA) is 87.3 Å². The van der Waals surface area contributed by atoms with E-state index in [0.717, 1.165) is 24.2 Å². The van der Waals surface area contributed by atoms with Gasteiger partial charge in [-0.3, -0.25) is 19.8 Å². The van der Waals surface area contributed by atoms with Gasteiger partial charge in [0, 0.05) is 30.5 Å². The molecule has 1 aromatic carbocycles. The number of benzene rings is 1. The highest BCUT2D eigenvalue weighted by molar-refractivity contribution is 7.14. The first-order valence-electron chi connectivity index (χ1n) is 9.23. The van der Waals surface area contributed by atoms with E-state index in [1.165, 1.54) is 11.3 Å². The van der Waals surface area contributed by atoms with Gasteiger partial charge < -0.3 is 9.72 Å². The predicted octanol–water partition coefficient (Wildman–Crippen LogP) is 2.85. The van der Waals surface area contributed by atoms with Crippen LogP contribution in [-0.4, -0.2) is 46.1 Å². The number of ether oxygens (including phenoxy) is 1. The largest absolute Gasteiger partial charge is 0.373 e. The number of nitrogens with one attached hydrogen (secondary N) is 2. The summed E-state index contributed by atoms with van der Waals surface area (Å²) in [5.41, 5.74) is 1.26. The first kappa shape index (κ1) is 18.8. The normalized spacial score (nSPS) is 20.4. The highest BCUT2D eigenvalue weighted by atomic mass is 32.1. The average molecular weight is 398 g/mol. The first-order chi connectivity index (χ1) is 13.5. The Kier molecular flexibility index (Phi) is 5.25. The maximum absolute atomic E-state index is 12.6. The van der Waals surface area contributed by atoms with Crippen molar-refractivity contribution in [1.82, 2.24) is 14.9 Å². The fourth-order valence-electron chi connectivity index (χ4n) is 3.56. The number of para-hydroxylation sites is 1. The molecule has 28 heavy (non-hydrogen) atoms. The second-order valence-corrected chi connectivity index (χ2v) is 8.01. The molecule has 8 heteroatoms. The number of anilines is 1. The summed E-state index contributed by atoms with van der Waals surface area (Å²) in [5, 5.41) is 5.98. The quantitative estimate of drug-likeness (QED) is 0.706. The zero-order valence-corrected chi connectivity index (χ0v) is 16.6. The van der Waals surface area contributed by atoms with Gasteiger partial charge in [-0.1, -0.05) is 18.2 Å². The Balaban J connectivity index is 1.46. The van der Waals surface area contributed by atoms with Gasteiger partial charge in [0.15, 0.2) is 5.13 Å². The number of carbonyl (C=O) groups is 1. The summed E-state index contributed by atoms with van der Waals surface area (Å²) in [4.78, 5) is 34.4. The van der Waals surface area contributed by atoms with E-state index in [9.17, 15) is 9.59 Å². The standard InChI is InChI=1S/C20H22N4O3S/c1-12-8-24(9-13(2)27-12)10-15-11-28-20(21-15)23-19(26)16-7-14-5-3-4-6-17(14)22-18(16)25/h3-7,11-13H,8-10H2,1-2H3,(H,22,25)(H,21,23,26)/t12-,13-/m0/s1. The molecular weight excluding hydrogens is 376 g/mol. The molecule has 0 bridgehead atoms. The molecule has 0 unspecified atom stereocenters. The molecule has 1 aliphatic rings. The summed E-state index contributed by atoms with van der Waals surface area (Å²) in [6, 6.07) is 8.97. The molecule has 4 rings (SSSR count). The van der Waals surface area contributed by atoms with Crippen molar-refractivity contribution in [2.75, 3.05) is 18.4 Å². The second-order valence-electron chi connectivity index (χ2n) is 7.15. The number of fused-ring (bicyclic) bond motifs is 1. The Morgan fingerprint density at radius 2 is 2.07 bits per heavy atom. The number of nitrogens with zero attached hydrogens (tertiary/aromatic N) is 2. The van der Waals surface area contributed by atoms with Gasteiger partial charge in [-0.05, 0) is 31.4 Å². The predicted molar refractivity (Wildman–Crippen MR) is 110 cm³/mol.